The van der Waals surface area contributed by atoms with Crippen LogP contribution in [0, 0.1) is 5.82 Å². The Kier molecular flexibility index (Phi) is 4.40. The molecular weight excluding hydrogens is 285 g/mol. The molecule has 0 aliphatic heterocycles. The molecule has 0 saturated heterocycles. The van der Waals surface area contributed by atoms with E-state index in [4.69, 9.17) is 4.74 Å². The van der Waals surface area contributed by atoms with Crippen LogP contribution in [0.25, 0.3) is 0 Å². The molecule has 0 heterocycles. The van der Waals surface area contributed by atoms with E-state index in [1.54, 1.807) is 13.2 Å². The van der Waals surface area contributed by atoms with Crippen LogP contribution in [0.2, 0.25) is 0 Å². The smallest absolute Gasteiger partial charge is 0.124 e. The highest BCUT2D eigenvalue weighted by molar-refractivity contribution is 9.10. The van der Waals surface area contributed by atoms with Crippen LogP contribution in [0.3, 0.4) is 0 Å². The molecule has 17 heavy (non-hydrogen) atoms. The average molecular weight is 302 g/mol. The largest absolute Gasteiger partial charge is 0.381 e. The Bertz CT molecular complexity index is 386. The van der Waals surface area contributed by atoms with E-state index in [1.807, 2.05) is 0 Å². The molecule has 2 rings (SSSR count). The van der Waals surface area contributed by atoms with Crippen LogP contribution in [-0.2, 0) is 4.74 Å². The molecule has 2 nitrogen and oxygen atoms in total. The fourth-order valence-corrected chi connectivity index (χ4v) is 2.78. The van der Waals surface area contributed by atoms with Gasteiger partial charge in [-0.3, -0.25) is 0 Å². The van der Waals surface area contributed by atoms with Gasteiger partial charge >= 0.3 is 0 Å². The van der Waals surface area contributed by atoms with Crippen molar-refractivity contribution in [3.8, 4) is 0 Å². The van der Waals surface area contributed by atoms with Gasteiger partial charge in [0.25, 0.3) is 0 Å². The summed E-state index contributed by atoms with van der Waals surface area (Å²) in [7, 11) is 1.76. The lowest BCUT2D eigenvalue weighted by molar-refractivity contribution is 0.0669. The molecule has 2 atom stereocenters. The van der Waals surface area contributed by atoms with Crippen molar-refractivity contribution in [2.45, 2.75) is 37.8 Å². The highest BCUT2D eigenvalue weighted by Gasteiger charge is 2.21. The quantitative estimate of drug-likeness (QED) is 0.912. The molecule has 1 aliphatic rings. The maximum atomic E-state index is 13.0. The number of rotatable bonds is 3. The zero-order valence-corrected chi connectivity index (χ0v) is 11.5. The van der Waals surface area contributed by atoms with Gasteiger partial charge in [0.2, 0.25) is 0 Å². The summed E-state index contributed by atoms with van der Waals surface area (Å²) in [6, 6.07) is 5.15. The Labute approximate surface area is 110 Å². The van der Waals surface area contributed by atoms with Crippen molar-refractivity contribution in [1.82, 2.24) is 0 Å². The third-order valence-electron chi connectivity index (χ3n) is 3.25. The molecular formula is C13H17BrFNO. The van der Waals surface area contributed by atoms with E-state index in [0.29, 0.717) is 12.1 Å². The topological polar surface area (TPSA) is 21.3 Å². The maximum absolute atomic E-state index is 13.0. The first kappa shape index (κ1) is 12.8. The molecule has 1 fully saturated rings. The molecule has 4 heteroatoms. The van der Waals surface area contributed by atoms with Crippen molar-refractivity contribution in [3.63, 3.8) is 0 Å². The number of methoxy groups -OCH3 is 1. The summed E-state index contributed by atoms with van der Waals surface area (Å²) >= 11 is 3.37. The summed E-state index contributed by atoms with van der Waals surface area (Å²) in [5, 5.41) is 3.45. The van der Waals surface area contributed by atoms with Crippen LogP contribution in [0.4, 0.5) is 10.1 Å². The summed E-state index contributed by atoms with van der Waals surface area (Å²) in [5.74, 6) is -0.221. The van der Waals surface area contributed by atoms with Gasteiger partial charge in [-0.1, -0.05) is 0 Å². The number of anilines is 1. The standard InChI is InChI=1S/C13H17BrFNO/c1-17-11-4-2-3-10(8-11)16-13-6-5-9(15)7-12(13)14/h5-7,10-11,16H,2-4,8H2,1H3. The van der Waals surface area contributed by atoms with Gasteiger partial charge in [0.05, 0.1) is 6.10 Å². The van der Waals surface area contributed by atoms with E-state index < -0.39 is 0 Å². The molecule has 0 radical (unpaired) electrons. The Morgan fingerprint density at radius 2 is 2.24 bits per heavy atom. The second-order valence-corrected chi connectivity index (χ2v) is 5.34. The minimum Gasteiger partial charge on any atom is -0.381 e. The number of hydrogen-bond acceptors (Lipinski definition) is 2. The van der Waals surface area contributed by atoms with Crippen LogP contribution in [0.15, 0.2) is 22.7 Å². The highest BCUT2D eigenvalue weighted by Crippen LogP contribution is 2.28. The van der Waals surface area contributed by atoms with Gasteiger partial charge in [0.1, 0.15) is 5.82 Å². The molecule has 1 aromatic rings. The fourth-order valence-electron chi connectivity index (χ4n) is 2.32. The van der Waals surface area contributed by atoms with Gasteiger partial charge in [-0.25, -0.2) is 4.39 Å². The number of halogens is 2. The Balaban J connectivity index is 2.00. The second kappa shape index (κ2) is 5.83. The zero-order chi connectivity index (χ0) is 12.3. The van der Waals surface area contributed by atoms with Crippen LogP contribution in [0.1, 0.15) is 25.7 Å². The van der Waals surface area contributed by atoms with E-state index in [1.165, 1.54) is 18.6 Å². The van der Waals surface area contributed by atoms with E-state index in [9.17, 15) is 4.39 Å². The minimum atomic E-state index is -0.221. The Hall–Kier alpha value is -0.610. The molecule has 2 unspecified atom stereocenters. The lowest BCUT2D eigenvalue weighted by Crippen LogP contribution is -2.31. The molecule has 1 N–H and O–H groups in total. The molecule has 1 aromatic carbocycles. The molecule has 94 valence electrons. The molecule has 0 bridgehead atoms. The van der Waals surface area contributed by atoms with Crippen LogP contribution in [0.5, 0.6) is 0 Å². The van der Waals surface area contributed by atoms with Crippen LogP contribution < -0.4 is 5.32 Å². The summed E-state index contributed by atoms with van der Waals surface area (Å²) < 4.78 is 19.1. The van der Waals surface area contributed by atoms with Crippen molar-refractivity contribution in [3.05, 3.63) is 28.5 Å². The van der Waals surface area contributed by atoms with Gasteiger partial charge in [0, 0.05) is 23.3 Å². The summed E-state index contributed by atoms with van der Waals surface area (Å²) in [6.45, 7) is 0. The number of ether oxygens (including phenoxy) is 1. The second-order valence-electron chi connectivity index (χ2n) is 4.49. The van der Waals surface area contributed by atoms with E-state index >= 15 is 0 Å². The first-order valence-electron chi connectivity index (χ1n) is 5.93. The number of hydrogen-bond donors (Lipinski definition) is 1. The minimum absolute atomic E-state index is 0.221. The van der Waals surface area contributed by atoms with Crippen molar-refractivity contribution in [2.75, 3.05) is 12.4 Å². The third kappa shape index (κ3) is 3.42. The monoisotopic (exact) mass is 301 g/mol. The third-order valence-corrected chi connectivity index (χ3v) is 3.91. The van der Waals surface area contributed by atoms with Crippen molar-refractivity contribution < 1.29 is 9.13 Å². The summed E-state index contributed by atoms with van der Waals surface area (Å²) in [5.41, 5.74) is 0.952. The molecule has 0 spiro atoms. The number of nitrogens with one attached hydrogen (secondary N) is 1. The molecule has 0 amide bonds. The van der Waals surface area contributed by atoms with E-state index in [-0.39, 0.29) is 5.82 Å². The van der Waals surface area contributed by atoms with Gasteiger partial charge < -0.3 is 10.1 Å². The van der Waals surface area contributed by atoms with Gasteiger partial charge in [-0.15, -0.1) is 0 Å². The van der Waals surface area contributed by atoms with Gasteiger partial charge in [0.15, 0.2) is 0 Å². The van der Waals surface area contributed by atoms with E-state index in [2.05, 4.69) is 21.2 Å². The van der Waals surface area contributed by atoms with Gasteiger partial charge in [-0.2, -0.15) is 0 Å². The molecule has 1 saturated carbocycles. The van der Waals surface area contributed by atoms with Crippen LogP contribution >= 0.6 is 15.9 Å². The summed E-state index contributed by atoms with van der Waals surface area (Å²) in [6.07, 6.45) is 4.82. The normalized spacial score (nSPS) is 24.6. The Morgan fingerprint density at radius 1 is 1.41 bits per heavy atom. The Morgan fingerprint density at radius 3 is 2.94 bits per heavy atom. The zero-order valence-electron chi connectivity index (χ0n) is 9.88. The predicted octanol–water partition coefficient (Wildman–Crippen LogP) is 3.96. The van der Waals surface area contributed by atoms with E-state index in [0.717, 1.165) is 29.4 Å². The summed E-state index contributed by atoms with van der Waals surface area (Å²) in [4.78, 5) is 0. The maximum Gasteiger partial charge on any atom is 0.124 e. The average Bonchev–Trinajstić information content (AvgIpc) is 2.33. The lowest BCUT2D eigenvalue weighted by Gasteiger charge is -2.29. The molecule has 0 aromatic heterocycles. The van der Waals surface area contributed by atoms with Crippen molar-refractivity contribution in [1.29, 1.82) is 0 Å². The fraction of sp³-hybridized carbons (Fsp3) is 0.538. The highest BCUT2D eigenvalue weighted by atomic mass is 79.9. The SMILES string of the molecule is COC1CCCC(Nc2ccc(F)cc2Br)C1. The van der Waals surface area contributed by atoms with Crippen molar-refractivity contribution in [2.24, 2.45) is 0 Å². The van der Waals surface area contributed by atoms with Crippen LogP contribution in [-0.4, -0.2) is 19.3 Å². The lowest BCUT2D eigenvalue weighted by atomic mass is 9.92. The number of benzene rings is 1. The van der Waals surface area contributed by atoms with Crippen molar-refractivity contribution >= 4 is 21.6 Å². The van der Waals surface area contributed by atoms with Gasteiger partial charge in [-0.05, 0) is 59.8 Å². The molecule has 1 aliphatic carbocycles. The predicted molar refractivity (Wildman–Crippen MR) is 70.8 cm³/mol. The first-order chi connectivity index (χ1) is 8.19. The first-order valence-corrected chi connectivity index (χ1v) is 6.72.